The van der Waals surface area contributed by atoms with Gasteiger partial charge in [-0.2, -0.15) is 0 Å². The normalized spacial score (nSPS) is 15.0. The maximum Gasteiger partial charge on any atom is 0.232 e. The number of carbonyl (C=O) groups is 1. The van der Waals surface area contributed by atoms with Gasteiger partial charge in [0, 0.05) is 22.7 Å². The van der Waals surface area contributed by atoms with Crippen molar-refractivity contribution in [1.29, 1.82) is 0 Å². The van der Waals surface area contributed by atoms with Gasteiger partial charge in [0.1, 0.15) is 11.3 Å². The molecule has 6 nitrogen and oxygen atoms in total. The molecule has 0 saturated heterocycles. The number of nitrogens with zero attached hydrogens (tertiary/aromatic N) is 3. The molecule has 31 heavy (non-hydrogen) atoms. The van der Waals surface area contributed by atoms with Crippen LogP contribution in [0.4, 0.5) is 5.13 Å². The molecule has 0 fully saturated rings. The largest absolute Gasteiger partial charge is 0.438 e. The number of aryl methyl sites for hydroxylation is 1. The fourth-order valence-electron chi connectivity index (χ4n) is 4.14. The molecule has 4 rings (SSSR count). The van der Waals surface area contributed by atoms with Crippen LogP contribution in [-0.2, 0) is 11.2 Å². The molecule has 0 unspecified atom stereocenters. The van der Waals surface area contributed by atoms with Crippen LogP contribution in [0.25, 0.3) is 0 Å². The lowest BCUT2D eigenvalue weighted by Gasteiger charge is -2.37. The number of rotatable bonds is 8. The molecular formula is C24H28N4O2S. The number of para-hydroxylation sites is 1. The van der Waals surface area contributed by atoms with Crippen molar-refractivity contribution in [3.05, 3.63) is 58.7 Å². The minimum Gasteiger partial charge on any atom is -0.438 e. The maximum absolute atomic E-state index is 13.3. The van der Waals surface area contributed by atoms with E-state index in [0.29, 0.717) is 11.0 Å². The molecule has 0 aliphatic carbocycles. The first kappa shape index (κ1) is 21.4. The zero-order chi connectivity index (χ0) is 21.8. The molecule has 1 aromatic carbocycles. The summed E-state index contributed by atoms with van der Waals surface area (Å²) in [6.45, 7) is 6.13. The van der Waals surface area contributed by atoms with Gasteiger partial charge in [-0.05, 0) is 25.0 Å². The van der Waals surface area contributed by atoms with Gasteiger partial charge in [-0.25, -0.2) is 4.98 Å². The molecule has 3 heterocycles. The number of fused-ring (bicyclic) bond motifs is 2. The number of unbranched alkanes of at least 4 members (excludes halogenated alkanes) is 3. The van der Waals surface area contributed by atoms with Crippen LogP contribution in [0.5, 0.6) is 11.6 Å². The van der Waals surface area contributed by atoms with Crippen LogP contribution in [0.2, 0.25) is 0 Å². The Morgan fingerprint density at radius 2 is 1.97 bits per heavy atom. The van der Waals surface area contributed by atoms with E-state index < -0.39 is 5.41 Å². The molecule has 0 saturated carbocycles. The Hall–Kier alpha value is -2.80. The van der Waals surface area contributed by atoms with E-state index in [1.807, 2.05) is 38.1 Å². The fourth-order valence-corrected chi connectivity index (χ4v) is 4.58. The van der Waals surface area contributed by atoms with Crippen LogP contribution in [0.3, 0.4) is 0 Å². The molecular weight excluding hydrogens is 408 g/mol. The summed E-state index contributed by atoms with van der Waals surface area (Å²) in [6, 6.07) is 12.1. The molecule has 0 bridgehead atoms. The second-order valence-electron chi connectivity index (χ2n) is 8.50. The molecule has 162 valence electrons. The number of aromatic nitrogens is 3. The Kier molecular flexibility index (Phi) is 6.32. The molecule has 1 aliphatic rings. The van der Waals surface area contributed by atoms with Gasteiger partial charge < -0.3 is 10.1 Å². The SMILES string of the molecule is CCCCCCc1ccc2c(n1)Oc1ccccc1[C@@H]2C(C)(C)C(=O)Nc1nncs1. The molecule has 0 radical (unpaired) electrons. The van der Waals surface area contributed by atoms with Crippen LogP contribution in [0, 0.1) is 5.41 Å². The Labute approximate surface area is 187 Å². The number of pyridine rings is 1. The standard InChI is InChI=1S/C24H28N4O2S/c1-4-5-6-7-10-16-13-14-18-20(17-11-8-9-12-19(17)30-21(18)26-16)24(2,3)22(29)27-23-28-25-15-31-23/h8-9,11-15,20H,4-7,10H2,1-3H3,(H,27,28,29)/t20-/m0/s1. The molecule has 0 spiro atoms. The third-order valence-electron chi connectivity index (χ3n) is 5.87. The lowest BCUT2D eigenvalue weighted by Crippen LogP contribution is -2.38. The van der Waals surface area contributed by atoms with Crippen molar-refractivity contribution in [3.8, 4) is 11.6 Å². The highest BCUT2D eigenvalue weighted by Crippen LogP contribution is 2.51. The van der Waals surface area contributed by atoms with Crippen LogP contribution in [0.1, 0.15) is 69.2 Å². The lowest BCUT2D eigenvalue weighted by atomic mass is 9.69. The first-order valence-electron chi connectivity index (χ1n) is 10.8. The van der Waals surface area contributed by atoms with Gasteiger partial charge in [-0.3, -0.25) is 4.79 Å². The number of ether oxygens (including phenoxy) is 1. The van der Waals surface area contributed by atoms with E-state index in [4.69, 9.17) is 9.72 Å². The molecule has 1 atom stereocenters. The van der Waals surface area contributed by atoms with Crippen molar-refractivity contribution < 1.29 is 9.53 Å². The quantitative estimate of drug-likeness (QED) is 0.441. The van der Waals surface area contributed by atoms with Crippen molar-refractivity contribution in [3.63, 3.8) is 0 Å². The van der Waals surface area contributed by atoms with Crippen LogP contribution in [-0.4, -0.2) is 21.1 Å². The highest BCUT2D eigenvalue weighted by atomic mass is 32.1. The lowest BCUT2D eigenvalue weighted by molar-refractivity contribution is -0.124. The van der Waals surface area contributed by atoms with E-state index in [9.17, 15) is 4.79 Å². The minimum atomic E-state index is -0.759. The van der Waals surface area contributed by atoms with Crippen molar-refractivity contribution in [2.24, 2.45) is 5.41 Å². The molecule has 7 heteroatoms. The topological polar surface area (TPSA) is 77.0 Å². The van der Waals surface area contributed by atoms with Gasteiger partial charge in [-0.1, -0.05) is 75.6 Å². The van der Waals surface area contributed by atoms with Gasteiger partial charge in [0.25, 0.3) is 0 Å². The number of benzene rings is 1. The molecule has 1 amide bonds. The minimum absolute atomic E-state index is 0.111. The maximum atomic E-state index is 13.3. The third-order valence-corrected chi connectivity index (χ3v) is 6.48. The number of hydrogen-bond acceptors (Lipinski definition) is 6. The predicted molar refractivity (Wildman–Crippen MR) is 123 cm³/mol. The highest BCUT2D eigenvalue weighted by Gasteiger charge is 2.44. The summed E-state index contributed by atoms with van der Waals surface area (Å²) in [5.41, 5.74) is 3.81. The summed E-state index contributed by atoms with van der Waals surface area (Å²) >= 11 is 1.31. The van der Waals surface area contributed by atoms with E-state index in [2.05, 4.69) is 34.6 Å². The van der Waals surface area contributed by atoms with E-state index in [-0.39, 0.29) is 11.8 Å². The van der Waals surface area contributed by atoms with E-state index >= 15 is 0 Å². The summed E-state index contributed by atoms with van der Waals surface area (Å²) in [7, 11) is 0. The number of hydrogen-bond donors (Lipinski definition) is 1. The van der Waals surface area contributed by atoms with Gasteiger partial charge in [0.05, 0.1) is 5.41 Å². The summed E-state index contributed by atoms with van der Waals surface area (Å²) in [5, 5.41) is 11.2. The van der Waals surface area contributed by atoms with Gasteiger partial charge in [0.15, 0.2) is 0 Å². The molecule has 3 aromatic rings. The fraction of sp³-hybridized carbons (Fsp3) is 0.417. The summed E-state index contributed by atoms with van der Waals surface area (Å²) in [5.74, 6) is 1.06. The monoisotopic (exact) mass is 436 g/mol. The van der Waals surface area contributed by atoms with Crippen LogP contribution in [0.15, 0.2) is 41.9 Å². The molecule has 1 N–H and O–H groups in total. The zero-order valence-electron chi connectivity index (χ0n) is 18.2. The van der Waals surface area contributed by atoms with E-state index in [0.717, 1.165) is 35.4 Å². The Morgan fingerprint density at radius 3 is 2.74 bits per heavy atom. The van der Waals surface area contributed by atoms with E-state index in [1.165, 1.54) is 30.6 Å². The van der Waals surface area contributed by atoms with Crippen LogP contribution < -0.4 is 10.1 Å². The average molecular weight is 437 g/mol. The average Bonchev–Trinajstić information content (AvgIpc) is 3.27. The zero-order valence-corrected chi connectivity index (χ0v) is 19.0. The highest BCUT2D eigenvalue weighted by molar-refractivity contribution is 7.13. The molecule has 2 aromatic heterocycles. The summed E-state index contributed by atoms with van der Waals surface area (Å²) in [4.78, 5) is 18.1. The van der Waals surface area contributed by atoms with E-state index in [1.54, 1.807) is 5.51 Å². The predicted octanol–water partition coefficient (Wildman–Crippen LogP) is 5.96. The third kappa shape index (κ3) is 4.46. The molecule has 1 aliphatic heterocycles. The Bertz CT molecular complexity index is 1050. The van der Waals surface area contributed by atoms with Gasteiger partial charge in [-0.15, -0.1) is 10.2 Å². The van der Waals surface area contributed by atoms with Crippen molar-refractivity contribution in [2.45, 2.75) is 58.8 Å². The Morgan fingerprint density at radius 1 is 1.13 bits per heavy atom. The van der Waals surface area contributed by atoms with Crippen molar-refractivity contribution in [1.82, 2.24) is 15.2 Å². The number of anilines is 1. The summed E-state index contributed by atoms with van der Waals surface area (Å²) in [6.07, 6.45) is 5.72. The Balaban J connectivity index is 1.66. The van der Waals surface area contributed by atoms with Crippen LogP contribution >= 0.6 is 11.3 Å². The second-order valence-corrected chi connectivity index (χ2v) is 9.33. The second kappa shape index (κ2) is 9.14. The number of nitrogens with one attached hydrogen (secondary N) is 1. The number of amides is 1. The summed E-state index contributed by atoms with van der Waals surface area (Å²) < 4.78 is 6.19. The van der Waals surface area contributed by atoms with Gasteiger partial charge >= 0.3 is 0 Å². The first-order chi connectivity index (χ1) is 15.0. The number of carbonyl (C=O) groups excluding carboxylic acids is 1. The van der Waals surface area contributed by atoms with Crippen molar-refractivity contribution >= 4 is 22.4 Å². The smallest absolute Gasteiger partial charge is 0.232 e. The van der Waals surface area contributed by atoms with Gasteiger partial charge in [0.2, 0.25) is 16.9 Å². The first-order valence-corrected chi connectivity index (χ1v) is 11.7. The van der Waals surface area contributed by atoms with Crippen molar-refractivity contribution in [2.75, 3.05) is 5.32 Å².